The molecule has 0 N–H and O–H groups in total. The fourth-order valence-corrected chi connectivity index (χ4v) is 1.79. The number of halogens is 1. The normalized spacial score (nSPS) is 13.6. The molecule has 0 saturated heterocycles. The van der Waals surface area contributed by atoms with Gasteiger partial charge in [-0.1, -0.05) is 26.2 Å². The summed E-state index contributed by atoms with van der Waals surface area (Å²) in [6, 6.07) is 0. The largest absolute Gasteiger partial charge is 0.474 e. The Morgan fingerprint density at radius 1 is 1.29 bits per heavy atom. The highest BCUT2D eigenvalue weighted by atomic mass is 31.2. The van der Waals surface area contributed by atoms with Gasteiger partial charge in [-0.3, -0.25) is 18.4 Å². The van der Waals surface area contributed by atoms with Crippen molar-refractivity contribution >= 4 is 13.6 Å². The highest BCUT2D eigenvalue weighted by molar-refractivity contribution is 7.48. The van der Waals surface area contributed by atoms with E-state index in [2.05, 4.69) is 13.6 Å². The predicted octanol–water partition coefficient (Wildman–Crippen LogP) is 2.89. The highest BCUT2D eigenvalue weighted by Gasteiger charge is 2.26. The van der Waals surface area contributed by atoms with Crippen LogP contribution in [-0.2, 0) is 22.9 Å². The van der Waals surface area contributed by atoms with Gasteiger partial charge in [0.05, 0.1) is 0 Å². The second-order valence-electron chi connectivity index (χ2n) is 3.52. The van der Waals surface area contributed by atoms with E-state index >= 15 is 0 Å². The molecule has 1 atom stereocenters. The lowest BCUT2D eigenvalue weighted by atomic mass is 10.1. The number of phosphoric acid groups is 1. The Balaban J connectivity index is 3.96. The Hall–Kier alpha value is -0.290. The van der Waals surface area contributed by atoms with Crippen LogP contribution in [0.5, 0.6) is 0 Å². The number of phosphoric ester groups is 1. The number of carbonyl (C=O) groups excluding carboxylic acids is 1. The Morgan fingerprint density at radius 3 is 2.35 bits per heavy atom. The highest BCUT2D eigenvalue weighted by Crippen LogP contribution is 2.47. The smallest absolute Gasteiger partial charge is 0.294 e. The van der Waals surface area contributed by atoms with E-state index in [4.69, 9.17) is 0 Å². The monoisotopic (exact) mass is 270 g/mol. The van der Waals surface area contributed by atoms with E-state index in [1.165, 1.54) is 0 Å². The van der Waals surface area contributed by atoms with Crippen molar-refractivity contribution in [1.29, 1.82) is 0 Å². The molecule has 1 unspecified atom stereocenters. The average Bonchev–Trinajstić information content (AvgIpc) is 2.35. The number of hydrogen-bond donors (Lipinski definition) is 0. The van der Waals surface area contributed by atoms with E-state index in [9.17, 15) is 13.8 Å². The summed E-state index contributed by atoms with van der Waals surface area (Å²) in [5.41, 5.74) is 0. The summed E-state index contributed by atoms with van der Waals surface area (Å²) in [5, 5.41) is 0. The van der Waals surface area contributed by atoms with Crippen LogP contribution in [0.2, 0.25) is 0 Å². The molecule has 0 aliphatic carbocycles. The molecule has 0 heterocycles. The summed E-state index contributed by atoms with van der Waals surface area (Å²) in [7, 11) is -1.44. The molecule has 17 heavy (non-hydrogen) atoms. The van der Waals surface area contributed by atoms with Crippen molar-refractivity contribution in [2.24, 2.45) is 0 Å². The van der Waals surface area contributed by atoms with Crippen LogP contribution in [0.15, 0.2) is 0 Å². The quantitative estimate of drug-likeness (QED) is 0.451. The SMILES string of the molecule is CCCCCC(F)C(=O)COP(=O)(OC)OC. The van der Waals surface area contributed by atoms with Crippen molar-refractivity contribution < 1.29 is 27.3 Å². The topological polar surface area (TPSA) is 61.8 Å². The van der Waals surface area contributed by atoms with E-state index in [0.29, 0.717) is 6.42 Å². The number of carbonyl (C=O) groups is 1. The van der Waals surface area contributed by atoms with Gasteiger partial charge >= 0.3 is 7.82 Å². The maximum atomic E-state index is 13.3. The summed E-state index contributed by atoms with van der Waals surface area (Å²) in [6.45, 7) is 1.39. The molecule has 0 fully saturated rings. The molecule has 0 aliphatic rings. The number of hydrogen-bond acceptors (Lipinski definition) is 5. The van der Waals surface area contributed by atoms with Gasteiger partial charge in [0, 0.05) is 14.2 Å². The lowest BCUT2D eigenvalue weighted by molar-refractivity contribution is -0.126. The lowest BCUT2D eigenvalue weighted by Gasteiger charge is -2.13. The van der Waals surface area contributed by atoms with Crippen LogP contribution in [0.4, 0.5) is 4.39 Å². The van der Waals surface area contributed by atoms with E-state index in [0.717, 1.165) is 27.1 Å². The van der Waals surface area contributed by atoms with Gasteiger partial charge in [-0.2, -0.15) is 0 Å². The van der Waals surface area contributed by atoms with Gasteiger partial charge in [-0.15, -0.1) is 0 Å². The number of ketones is 1. The van der Waals surface area contributed by atoms with Crippen LogP contribution in [0.3, 0.4) is 0 Å². The zero-order chi connectivity index (χ0) is 13.3. The van der Waals surface area contributed by atoms with Crippen LogP contribution < -0.4 is 0 Å². The Labute approximate surface area is 101 Å². The molecule has 0 saturated carbocycles. The molecule has 102 valence electrons. The second kappa shape index (κ2) is 8.75. The minimum Gasteiger partial charge on any atom is -0.294 e. The summed E-state index contributed by atoms with van der Waals surface area (Å²) < 4.78 is 38.2. The van der Waals surface area contributed by atoms with Gasteiger partial charge in [0.1, 0.15) is 6.61 Å². The molecular formula is C10H20FO5P. The first kappa shape index (κ1) is 16.7. The van der Waals surface area contributed by atoms with Gasteiger partial charge in [0.15, 0.2) is 12.0 Å². The zero-order valence-electron chi connectivity index (χ0n) is 10.5. The van der Waals surface area contributed by atoms with Crippen molar-refractivity contribution in [2.45, 2.75) is 38.8 Å². The molecule has 5 nitrogen and oxygen atoms in total. The fourth-order valence-electron chi connectivity index (χ4n) is 1.15. The van der Waals surface area contributed by atoms with Crippen LogP contribution in [0, 0.1) is 0 Å². The van der Waals surface area contributed by atoms with Gasteiger partial charge in [-0.25, -0.2) is 8.96 Å². The minimum atomic E-state index is -3.69. The third-order valence-corrected chi connectivity index (χ3v) is 3.56. The average molecular weight is 270 g/mol. The van der Waals surface area contributed by atoms with Crippen molar-refractivity contribution in [3.8, 4) is 0 Å². The maximum Gasteiger partial charge on any atom is 0.474 e. The van der Waals surface area contributed by atoms with Gasteiger partial charge < -0.3 is 0 Å². The standard InChI is InChI=1S/C10H20FO5P/c1-4-5-6-7-9(11)10(12)8-16-17(13,14-2)15-3/h9H,4-8H2,1-3H3. The van der Waals surface area contributed by atoms with Crippen LogP contribution >= 0.6 is 7.82 Å². The van der Waals surface area contributed by atoms with Crippen molar-refractivity contribution in [2.75, 3.05) is 20.8 Å². The van der Waals surface area contributed by atoms with Crippen LogP contribution in [0.25, 0.3) is 0 Å². The number of Topliss-reactive ketones (excluding diaryl/α,β-unsaturated/α-hetero) is 1. The number of rotatable bonds is 10. The zero-order valence-corrected chi connectivity index (χ0v) is 11.4. The van der Waals surface area contributed by atoms with Crippen molar-refractivity contribution in [3.63, 3.8) is 0 Å². The summed E-state index contributed by atoms with van der Waals surface area (Å²) >= 11 is 0. The van der Waals surface area contributed by atoms with Gasteiger partial charge in [0.2, 0.25) is 0 Å². The first-order chi connectivity index (χ1) is 7.99. The first-order valence-corrected chi connectivity index (χ1v) is 6.98. The summed E-state index contributed by atoms with van der Waals surface area (Å²) in [4.78, 5) is 11.3. The molecular weight excluding hydrogens is 250 g/mol. The van der Waals surface area contributed by atoms with E-state index in [1.807, 2.05) is 6.92 Å². The van der Waals surface area contributed by atoms with Crippen molar-refractivity contribution in [1.82, 2.24) is 0 Å². The number of alkyl halides is 1. The molecule has 7 heteroatoms. The third-order valence-electron chi connectivity index (χ3n) is 2.22. The molecule has 0 aromatic rings. The lowest BCUT2D eigenvalue weighted by Crippen LogP contribution is -2.21. The molecule has 0 rings (SSSR count). The second-order valence-corrected chi connectivity index (χ2v) is 5.40. The molecule has 0 spiro atoms. The van der Waals surface area contributed by atoms with Crippen LogP contribution in [0.1, 0.15) is 32.6 Å². The Kier molecular flexibility index (Phi) is 8.60. The van der Waals surface area contributed by atoms with E-state index < -0.39 is 26.4 Å². The summed E-state index contributed by atoms with van der Waals surface area (Å²) in [6.07, 6.45) is 1.07. The Morgan fingerprint density at radius 2 is 1.88 bits per heavy atom. The molecule has 0 aliphatic heterocycles. The molecule has 0 aromatic heterocycles. The molecule has 0 radical (unpaired) electrons. The minimum absolute atomic E-state index is 0.167. The molecule has 0 bridgehead atoms. The van der Waals surface area contributed by atoms with Crippen LogP contribution in [-0.4, -0.2) is 32.8 Å². The van der Waals surface area contributed by atoms with Gasteiger partial charge in [-0.05, 0) is 6.42 Å². The maximum absolute atomic E-state index is 13.3. The Bertz CT molecular complexity index is 263. The number of unbranched alkanes of at least 4 members (excludes halogenated alkanes) is 2. The van der Waals surface area contributed by atoms with E-state index in [1.54, 1.807) is 0 Å². The predicted molar refractivity (Wildman–Crippen MR) is 61.6 cm³/mol. The van der Waals surface area contributed by atoms with Crippen molar-refractivity contribution in [3.05, 3.63) is 0 Å². The van der Waals surface area contributed by atoms with Gasteiger partial charge in [0.25, 0.3) is 0 Å². The molecule has 0 aromatic carbocycles. The summed E-state index contributed by atoms with van der Waals surface area (Å²) in [5.74, 6) is -0.740. The first-order valence-electron chi connectivity index (χ1n) is 5.52. The molecule has 0 amide bonds. The fraction of sp³-hybridized carbons (Fsp3) is 0.900. The van der Waals surface area contributed by atoms with E-state index in [-0.39, 0.29) is 6.42 Å². The third kappa shape index (κ3) is 6.88.